The molecule has 0 aliphatic carbocycles. The molecule has 0 aromatic heterocycles. The van der Waals surface area contributed by atoms with Crippen LogP contribution in [0.5, 0.6) is 11.5 Å². The van der Waals surface area contributed by atoms with Crippen LogP contribution in [0.2, 0.25) is 5.02 Å². The third kappa shape index (κ3) is 5.28. The zero-order valence-corrected chi connectivity index (χ0v) is 18.3. The van der Waals surface area contributed by atoms with E-state index in [-0.39, 0.29) is 35.5 Å². The average Bonchev–Trinajstić information content (AvgIpc) is 2.72. The highest BCUT2D eigenvalue weighted by atomic mass is 35.5. The van der Waals surface area contributed by atoms with Crippen LogP contribution in [0, 0.1) is 16.0 Å². The Morgan fingerprint density at radius 2 is 1.59 bits per heavy atom. The molecule has 9 nitrogen and oxygen atoms in total. The van der Waals surface area contributed by atoms with Gasteiger partial charge in [0.2, 0.25) is 0 Å². The molecule has 0 N–H and O–H groups in total. The van der Waals surface area contributed by atoms with E-state index in [2.05, 4.69) is 0 Å². The van der Waals surface area contributed by atoms with Crippen LogP contribution in [0.25, 0.3) is 0 Å². The molecule has 2 aromatic rings. The third-order valence-corrected chi connectivity index (χ3v) is 5.14. The number of nitro groups is 1. The number of carboxylic acid groups (broad SMARTS) is 2. The lowest BCUT2D eigenvalue weighted by Crippen LogP contribution is -2.47. The summed E-state index contributed by atoms with van der Waals surface area (Å²) in [6, 6.07) is 2.91. The second kappa shape index (κ2) is 10.1. The van der Waals surface area contributed by atoms with E-state index in [1.807, 2.05) is 0 Å². The number of aliphatic carboxylic acids is 2. The van der Waals surface area contributed by atoms with Gasteiger partial charge in [0.1, 0.15) is 23.0 Å². The molecule has 0 atom stereocenters. The first-order chi connectivity index (χ1) is 15.7. The highest BCUT2D eigenvalue weighted by Crippen LogP contribution is 2.41. The number of carbonyl (C=O) groups is 3. The van der Waals surface area contributed by atoms with Gasteiger partial charge in [-0.15, -0.1) is 0 Å². The van der Waals surface area contributed by atoms with E-state index < -0.39 is 56.6 Å². The van der Waals surface area contributed by atoms with Gasteiger partial charge in [-0.25, -0.2) is 0 Å². The van der Waals surface area contributed by atoms with Crippen LogP contribution in [-0.2, 0) is 28.6 Å². The quantitative estimate of drug-likeness (QED) is 0.220. The van der Waals surface area contributed by atoms with Crippen LogP contribution in [0.1, 0.15) is 40.9 Å². The van der Waals surface area contributed by atoms with E-state index in [1.165, 1.54) is 6.92 Å². The van der Waals surface area contributed by atoms with Gasteiger partial charge in [0.05, 0.1) is 27.4 Å². The van der Waals surface area contributed by atoms with Crippen molar-refractivity contribution in [1.82, 2.24) is 0 Å². The fourth-order valence-corrected chi connectivity index (χ4v) is 3.56. The second-order valence-electron chi connectivity index (χ2n) is 6.87. The number of ketones is 1. The Morgan fingerprint density at radius 1 is 1.03 bits per heavy atom. The van der Waals surface area contributed by atoms with Gasteiger partial charge in [0.15, 0.2) is 5.78 Å². The van der Waals surface area contributed by atoms with E-state index in [0.717, 1.165) is 12.1 Å². The lowest BCUT2D eigenvalue weighted by molar-refractivity contribution is -0.385. The minimum absolute atomic E-state index is 0.0565. The van der Waals surface area contributed by atoms with Gasteiger partial charge in [-0.1, -0.05) is 25.4 Å². The summed E-state index contributed by atoms with van der Waals surface area (Å²) in [6.07, 6.45) is -4.65. The maximum Gasteiger partial charge on any atom is 0.416 e. The van der Waals surface area contributed by atoms with Crippen molar-refractivity contribution in [3.63, 3.8) is 0 Å². The molecule has 2 aromatic carbocycles. The fourth-order valence-electron chi connectivity index (χ4n) is 3.34. The largest absolute Gasteiger partial charge is 0.549 e. The standard InChI is InChI=1S/C21H17ClF3NO8/c1-3-10-11(4-2)17(26(32)33)12(18(27)16(19(28)29)20(30)31)8-15(10)34-14-6-5-9(7-13(14)22)21(23,24)25/h5-8,16H,3-4H2,1-2H3,(H,28,29)(H,30,31)/p-2. The lowest BCUT2D eigenvalue weighted by atomic mass is 9.90. The number of carboxylic acids is 2. The summed E-state index contributed by atoms with van der Waals surface area (Å²) in [5.41, 5.74) is -2.69. The summed E-state index contributed by atoms with van der Waals surface area (Å²) in [4.78, 5) is 45.8. The van der Waals surface area contributed by atoms with Crippen molar-refractivity contribution in [2.45, 2.75) is 32.9 Å². The molecule has 0 aliphatic rings. The molecule has 0 saturated heterocycles. The molecule has 0 bridgehead atoms. The molecule has 2 rings (SSSR count). The number of nitro benzene ring substituents is 1. The molecule has 182 valence electrons. The molecule has 0 radical (unpaired) electrons. The monoisotopic (exact) mass is 501 g/mol. The fraction of sp³-hybridized carbons (Fsp3) is 0.286. The first kappa shape index (κ1) is 26.6. The minimum atomic E-state index is -4.69. The molecule has 0 unspecified atom stereocenters. The van der Waals surface area contributed by atoms with E-state index in [1.54, 1.807) is 6.92 Å². The summed E-state index contributed by atoms with van der Waals surface area (Å²) in [7, 11) is 0. The van der Waals surface area contributed by atoms with Gasteiger partial charge >= 0.3 is 6.18 Å². The Kier molecular flexibility index (Phi) is 7.88. The van der Waals surface area contributed by atoms with E-state index in [4.69, 9.17) is 16.3 Å². The third-order valence-electron chi connectivity index (χ3n) is 4.85. The summed E-state index contributed by atoms with van der Waals surface area (Å²) in [6.45, 7) is 3.06. The van der Waals surface area contributed by atoms with Gasteiger partial charge in [-0.3, -0.25) is 14.9 Å². The topological polar surface area (TPSA) is 150 Å². The van der Waals surface area contributed by atoms with Crippen LogP contribution in [0.15, 0.2) is 24.3 Å². The molecule has 0 amide bonds. The molecule has 0 spiro atoms. The molecule has 0 aliphatic heterocycles. The van der Waals surface area contributed by atoms with Crippen molar-refractivity contribution < 1.29 is 47.4 Å². The average molecular weight is 502 g/mol. The number of benzene rings is 2. The van der Waals surface area contributed by atoms with Crippen molar-refractivity contribution >= 4 is 35.0 Å². The highest BCUT2D eigenvalue weighted by Gasteiger charge is 2.34. The number of carbonyl (C=O) groups excluding carboxylic acids is 3. The van der Waals surface area contributed by atoms with E-state index in [9.17, 15) is 47.9 Å². The predicted molar refractivity (Wildman–Crippen MR) is 106 cm³/mol. The second-order valence-corrected chi connectivity index (χ2v) is 7.28. The summed E-state index contributed by atoms with van der Waals surface area (Å²) < 4.78 is 44.3. The van der Waals surface area contributed by atoms with Crippen molar-refractivity contribution in [2.75, 3.05) is 0 Å². The molecular weight excluding hydrogens is 487 g/mol. The first-order valence-electron chi connectivity index (χ1n) is 9.58. The Labute approximate surface area is 194 Å². The van der Waals surface area contributed by atoms with Gasteiger partial charge in [-0.05, 0) is 37.1 Å². The number of halogens is 4. The van der Waals surface area contributed by atoms with E-state index in [0.29, 0.717) is 12.1 Å². The Morgan fingerprint density at radius 3 is 2.00 bits per heavy atom. The van der Waals surface area contributed by atoms with Crippen LogP contribution in [-0.4, -0.2) is 22.6 Å². The number of hydrogen-bond donors (Lipinski definition) is 0. The van der Waals surface area contributed by atoms with Crippen LogP contribution in [0.4, 0.5) is 18.9 Å². The van der Waals surface area contributed by atoms with Crippen LogP contribution < -0.4 is 14.9 Å². The minimum Gasteiger partial charge on any atom is -0.549 e. The van der Waals surface area contributed by atoms with Crippen molar-refractivity contribution in [2.24, 2.45) is 5.92 Å². The summed E-state index contributed by atoms with van der Waals surface area (Å²) >= 11 is 5.90. The Balaban J connectivity index is 2.78. The SMILES string of the molecule is CCc1c(Oc2ccc(C(F)(F)F)cc2Cl)cc(C(=O)C(C(=O)[O-])C(=O)[O-])c([N+](=O)[O-])c1CC. The lowest BCUT2D eigenvalue weighted by Gasteiger charge is -2.21. The first-order valence-corrected chi connectivity index (χ1v) is 9.95. The number of hydrogen-bond acceptors (Lipinski definition) is 8. The number of Topliss-reactive ketones (excluding diaryl/α,β-unsaturated/α-hetero) is 1. The zero-order valence-electron chi connectivity index (χ0n) is 17.5. The van der Waals surface area contributed by atoms with Crippen molar-refractivity contribution in [3.05, 3.63) is 61.7 Å². The molecular formula is C21H15ClF3NO8-2. The number of ether oxygens (including phenoxy) is 1. The Bertz CT molecular complexity index is 1170. The summed E-state index contributed by atoms with van der Waals surface area (Å²) in [5, 5.41) is 33.7. The van der Waals surface area contributed by atoms with Crippen molar-refractivity contribution in [1.29, 1.82) is 0 Å². The van der Waals surface area contributed by atoms with Crippen molar-refractivity contribution in [3.8, 4) is 11.5 Å². The molecule has 0 fully saturated rings. The van der Waals surface area contributed by atoms with Gasteiger partial charge in [0.25, 0.3) is 5.69 Å². The van der Waals surface area contributed by atoms with Gasteiger partial charge < -0.3 is 24.5 Å². The maximum absolute atomic E-state index is 12.9. The van der Waals surface area contributed by atoms with Crippen LogP contribution in [0.3, 0.4) is 0 Å². The molecule has 0 saturated carbocycles. The number of rotatable bonds is 9. The van der Waals surface area contributed by atoms with Gasteiger partial charge in [-0.2, -0.15) is 13.2 Å². The van der Waals surface area contributed by atoms with Crippen LogP contribution >= 0.6 is 11.6 Å². The van der Waals surface area contributed by atoms with E-state index >= 15 is 0 Å². The number of nitrogens with zero attached hydrogens (tertiary/aromatic N) is 1. The highest BCUT2D eigenvalue weighted by molar-refractivity contribution is 6.32. The molecule has 34 heavy (non-hydrogen) atoms. The maximum atomic E-state index is 12.9. The summed E-state index contributed by atoms with van der Waals surface area (Å²) in [5.74, 6) is -9.78. The van der Waals surface area contributed by atoms with Gasteiger partial charge in [0, 0.05) is 11.1 Å². The smallest absolute Gasteiger partial charge is 0.416 e. The molecule has 13 heteroatoms. The Hall–Kier alpha value is -3.67. The molecule has 0 heterocycles. The number of alkyl halides is 3. The zero-order chi connectivity index (χ0) is 26.0. The predicted octanol–water partition coefficient (Wildman–Crippen LogP) is 2.48. The normalized spacial score (nSPS) is 11.4.